The summed E-state index contributed by atoms with van der Waals surface area (Å²) in [6.45, 7) is 0. The van der Waals surface area contributed by atoms with Crippen molar-refractivity contribution in [2.75, 3.05) is 11.1 Å². The molecule has 0 bridgehead atoms. The van der Waals surface area contributed by atoms with Crippen LogP contribution in [0.25, 0.3) is 10.2 Å². The number of benzene rings is 1. The van der Waals surface area contributed by atoms with Crippen LogP contribution in [0.4, 0.5) is 5.69 Å². The van der Waals surface area contributed by atoms with E-state index in [2.05, 4.69) is 32.9 Å². The molecular weight excluding hydrogens is 481 g/mol. The Balaban J connectivity index is 1.52. The fourth-order valence-electron chi connectivity index (χ4n) is 3.10. The zero-order valence-electron chi connectivity index (χ0n) is 14.0. The number of amides is 1. The predicted molar refractivity (Wildman–Crippen MR) is 115 cm³/mol. The van der Waals surface area contributed by atoms with Crippen LogP contribution in [-0.4, -0.2) is 21.2 Å². The summed E-state index contributed by atoms with van der Waals surface area (Å²) in [7, 11) is 1.73. The molecule has 1 N–H and O–H groups in total. The van der Waals surface area contributed by atoms with Crippen molar-refractivity contribution in [1.82, 2.24) is 9.55 Å². The number of hydrogen-bond donors (Lipinski definition) is 1. The molecule has 1 aliphatic rings. The predicted octanol–water partition coefficient (Wildman–Crippen LogP) is 3.82. The molecular formula is C18H16IN3O2S2. The number of thiophene rings is 1. The first kappa shape index (κ1) is 18.0. The molecule has 0 radical (unpaired) electrons. The van der Waals surface area contributed by atoms with Crippen LogP contribution in [0, 0.1) is 3.57 Å². The normalized spacial score (nSPS) is 13.2. The van der Waals surface area contributed by atoms with Crippen molar-refractivity contribution in [3.05, 3.63) is 48.6 Å². The number of aromatic nitrogens is 2. The van der Waals surface area contributed by atoms with E-state index in [9.17, 15) is 9.59 Å². The van der Waals surface area contributed by atoms with Gasteiger partial charge in [0, 0.05) is 21.2 Å². The number of fused-ring (bicyclic) bond motifs is 3. The lowest BCUT2D eigenvalue weighted by Crippen LogP contribution is -2.21. The van der Waals surface area contributed by atoms with E-state index in [0.717, 1.165) is 38.7 Å². The third-order valence-electron chi connectivity index (χ3n) is 4.37. The summed E-state index contributed by atoms with van der Waals surface area (Å²) < 4.78 is 2.68. The van der Waals surface area contributed by atoms with Crippen LogP contribution in [0.2, 0.25) is 0 Å². The van der Waals surface area contributed by atoms with Crippen LogP contribution >= 0.6 is 45.7 Å². The highest BCUT2D eigenvalue weighted by Gasteiger charge is 2.22. The highest BCUT2D eigenvalue weighted by molar-refractivity contribution is 14.1. The second-order valence-electron chi connectivity index (χ2n) is 6.14. The SMILES string of the molecule is Cn1c(SCC(=O)Nc2ccc(I)cc2)nc2sc3c(c2c1=O)CCC3. The zero-order chi connectivity index (χ0) is 18.3. The van der Waals surface area contributed by atoms with E-state index < -0.39 is 0 Å². The van der Waals surface area contributed by atoms with Crippen LogP contribution < -0.4 is 10.9 Å². The van der Waals surface area contributed by atoms with Crippen LogP contribution in [0.3, 0.4) is 0 Å². The summed E-state index contributed by atoms with van der Waals surface area (Å²) in [5.41, 5.74) is 1.95. The molecule has 0 atom stereocenters. The molecule has 1 aromatic carbocycles. The van der Waals surface area contributed by atoms with E-state index in [1.54, 1.807) is 23.0 Å². The van der Waals surface area contributed by atoms with Crippen molar-refractivity contribution in [3.63, 3.8) is 0 Å². The van der Waals surface area contributed by atoms with Gasteiger partial charge in [0.1, 0.15) is 4.83 Å². The summed E-state index contributed by atoms with van der Waals surface area (Å²) >= 11 is 5.14. The molecule has 134 valence electrons. The van der Waals surface area contributed by atoms with Crippen LogP contribution in [0.15, 0.2) is 34.2 Å². The van der Waals surface area contributed by atoms with Crippen LogP contribution in [0.5, 0.6) is 0 Å². The largest absolute Gasteiger partial charge is 0.325 e. The molecule has 3 aromatic rings. The van der Waals surface area contributed by atoms with Crippen LogP contribution in [0.1, 0.15) is 16.9 Å². The topological polar surface area (TPSA) is 64.0 Å². The first-order valence-corrected chi connectivity index (χ1v) is 11.1. The molecule has 0 saturated carbocycles. The molecule has 0 aliphatic heterocycles. The Bertz CT molecular complexity index is 1060. The zero-order valence-corrected chi connectivity index (χ0v) is 17.8. The van der Waals surface area contributed by atoms with Gasteiger partial charge < -0.3 is 5.32 Å². The number of carbonyl (C=O) groups excluding carboxylic acids is 1. The minimum atomic E-state index is -0.112. The molecule has 2 aromatic heterocycles. The first-order valence-electron chi connectivity index (χ1n) is 8.22. The maximum absolute atomic E-state index is 12.8. The van der Waals surface area contributed by atoms with Crippen molar-refractivity contribution >= 4 is 67.5 Å². The number of rotatable bonds is 4. The monoisotopic (exact) mass is 497 g/mol. The standard InChI is InChI=1S/C18H16IN3O2S2/c1-22-17(24)15-12-3-2-4-13(12)26-16(15)21-18(22)25-9-14(23)20-11-7-5-10(19)6-8-11/h5-8H,2-4,9H2,1H3,(H,20,23). The minimum absolute atomic E-state index is 0.00468. The number of hydrogen-bond acceptors (Lipinski definition) is 5. The van der Waals surface area contributed by atoms with E-state index in [-0.39, 0.29) is 17.2 Å². The molecule has 1 amide bonds. The second kappa shape index (κ2) is 7.32. The minimum Gasteiger partial charge on any atom is -0.325 e. The number of halogens is 1. The van der Waals surface area contributed by atoms with E-state index >= 15 is 0 Å². The molecule has 2 heterocycles. The Hall–Kier alpha value is -1.39. The van der Waals surface area contributed by atoms with E-state index in [1.807, 2.05) is 24.3 Å². The third-order valence-corrected chi connectivity index (χ3v) is 7.30. The second-order valence-corrected chi connectivity index (χ2v) is 9.41. The third kappa shape index (κ3) is 3.41. The number of thioether (sulfide) groups is 1. The Morgan fingerprint density at radius 1 is 1.35 bits per heavy atom. The fraction of sp³-hybridized carbons (Fsp3) is 0.278. The average Bonchev–Trinajstić information content (AvgIpc) is 3.19. The quantitative estimate of drug-likeness (QED) is 0.338. The lowest BCUT2D eigenvalue weighted by Gasteiger charge is -2.08. The Kier molecular flexibility index (Phi) is 5.07. The van der Waals surface area contributed by atoms with Gasteiger partial charge in [0.25, 0.3) is 5.56 Å². The van der Waals surface area contributed by atoms with E-state index in [1.165, 1.54) is 22.2 Å². The molecule has 8 heteroatoms. The van der Waals surface area contributed by atoms with Gasteiger partial charge in [0.2, 0.25) is 5.91 Å². The smallest absolute Gasteiger partial charge is 0.262 e. The van der Waals surface area contributed by atoms with Crippen molar-refractivity contribution in [2.45, 2.75) is 24.4 Å². The van der Waals surface area contributed by atoms with Crippen molar-refractivity contribution in [1.29, 1.82) is 0 Å². The highest BCUT2D eigenvalue weighted by atomic mass is 127. The lowest BCUT2D eigenvalue weighted by molar-refractivity contribution is -0.113. The van der Waals surface area contributed by atoms with E-state index in [4.69, 9.17) is 0 Å². The molecule has 5 nitrogen and oxygen atoms in total. The number of carbonyl (C=O) groups is 1. The van der Waals surface area contributed by atoms with Crippen molar-refractivity contribution in [3.8, 4) is 0 Å². The summed E-state index contributed by atoms with van der Waals surface area (Å²) in [5.74, 6) is 0.0993. The Morgan fingerprint density at radius 3 is 2.88 bits per heavy atom. The lowest BCUT2D eigenvalue weighted by atomic mass is 10.2. The first-order chi connectivity index (χ1) is 12.5. The van der Waals surface area contributed by atoms with Gasteiger partial charge in [-0.25, -0.2) is 4.98 Å². The summed E-state index contributed by atoms with van der Waals surface area (Å²) in [6.07, 6.45) is 3.13. The van der Waals surface area contributed by atoms with Gasteiger partial charge in [-0.2, -0.15) is 0 Å². The molecule has 0 unspecified atom stereocenters. The van der Waals surface area contributed by atoms with E-state index in [0.29, 0.717) is 5.16 Å². The Labute approximate surface area is 172 Å². The maximum Gasteiger partial charge on any atom is 0.262 e. The van der Waals surface area contributed by atoms with Crippen molar-refractivity contribution in [2.24, 2.45) is 7.05 Å². The van der Waals surface area contributed by atoms with Crippen LogP contribution in [-0.2, 0) is 24.7 Å². The van der Waals surface area contributed by atoms with Gasteiger partial charge >= 0.3 is 0 Å². The van der Waals surface area contributed by atoms with Gasteiger partial charge in [-0.05, 0) is 71.7 Å². The van der Waals surface area contributed by atoms with Gasteiger partial charge in [0.05, 0.1) is 11.1 Å². The van der Waals surface area contributed by atoms with Gasteiger partial charge in [-0.15, -0.1) is 11.3 Å². The van der Waals surface area contributed by atoms with Crippen molar-refractivity contribution < 1.29 is 4.79 Å². The average molecular weight is 497 g/mol. The van der Waals surface area contributed by atoms with Gasteiger partial charge in [-0.3, -0.25) is 14.2 Å². The molecule has 0 spiro atoms. The molecule has 0 fully saturated rings. The number of nitrogens with one attached hydrogen (secondary N) is 1. The van der Waals surface area contributed by atoms with Gasteiger partial charge in [-0.1, -0.05) is 11.8 Å². The number of nitrogens with zero attached hydrogens (tertiary/aromatic N) is 2. The number of aryl methyl sites for hydroxylation is 2. The molecule has 4 rings (SSSR count). The summed E-state index contributed by atoms with van der Waals surface area (Å²) in [6, 6.07) is 7.63. The maximum atomic E-state index is 12.8. The molecule has 1 aliphatic carbocycles. The summed E-state index contributed by atoms with van der Waals surface area (Å²) in [4.78, 5) is 31.7. The molecule has 26 heavy (non-hydrogen) atoms. The summed E-state index contributed by atoms with van der Waals surface area (Å²) in [5, 5.41) is 4.23. The number of anilines is 1. The molecule has 0 saturated heterocycles. The highest BCUT2D eigenvalue weighted by Crippen LogP contribution is 2.35. The van der Waals surface area contributed by atoms with Gasteiger partial charge in [0.15, 0.2) is 5.16 Å². The fourth-order valence-corrected chi connectivity index (χ4v) is 5.53. The Morgan fingerprint density at radius 2 is 2.12 bits per heavy atom.